The van der Waals surface area contributed by atoms with Gasteiger partial charge in [-0.15, -0.1) is 0 Å². The lowest BCUT2D eigenvalue weighted by atomic mass is 10.3. The van der Waals surface area contributed by atoms with Crippen LogP contribution >= 0.6 is 34.8 Å². The van der Waals surface area contributed by atoms with Gasteiger partial charge in [0.25, 0.3) is 0 Å². The highest BCUT2D eigenvalue weighted by Crippen LogP contribution is 2.32. The normalized spacial score (nSPS) is 21.1. The molecule has 7 heteroatoms. The lowest BCUT2D eigenvalue weighted by Crippen LogP contribution is -2.57. The standard InChI is InChI=1S/C8H13Cl3N2O2/c1-6(14)12-7(8(9,10)11)13-2-4-15-5-3-13/h7H,2-5H2,1H3,(H,12,14)/t7-/m1/s1. The third-order valence-electron chi connectivity index (χ3n) is 2.06. The Bertz CT molecular complexity index is 226. The van der Waals surface area contributed by atoms with Gasteiger partial charge in [0, 0.05) is 20.0 Å². The van der Waals surface area contributed by atoms with Crippen LogP contribution in [0.15, 0.2) is 0 Å². The highest BCUT2D eigenvalue weighted by atomic mass is 35.6. The minimum Gasteiger partial charge on any atom is -0.379 e. The van der Waals surface area contributed by atoms with Gasteiger partial charge in [-0.25, -0.2) is 0 Å². The number of amides is 1. The molecule has 0 radical (unpaired) electrons. The van der Waals surface area contributed by atoms with E-state index in [0.717, 1.165) is 0 Å². The van der Waals surface area contributed by atoms with Gasteiger partial charge in [-0.2, -0.15) is 0 Å². The van der Waals surface area contributed by atoms with E-state index in [1.54, 1.807) is 0 Å². The molecule has 1 heterocycles. The number of carbonyl (C=O) groups excluding carboxylic acids is 1. The van der Waals surface area contributed by atoms with Crippen molar-refractivity contribution in [3.63, 3.8) is 0 Å². The van der Waals surface area contributed by atoms with Crippen molar-refractivity contribution < 1.29 is 9.53 Å². The smallest absolute Gasteiger partial charge is 0.223 e. The molecular formula is C8H13Cl3N2O2. The number of halogens is 3. The summed E-state index contributed by atoms with van der Waals surface area (Å²) in [5, 5.41) is 2.63. The second kappa shape index (κ2) is 5.55. The fourth-order valence-corrected chi connectivity index (χ4v) is 1.99. The Morgan fingerprint density at radius 3 is 2.33 bits per heavy atom. The number of alkyl halides is 3. The zero-order chi connectivity index (χ0) is 11.5. The van der Waals surface area contributed by atoms with Gasteiger partial charge >= 0.3 is 0 Å². The van der Waals surface area contributed by atoms with E-state index >= 15 is 0 Å². The van der Waals surface area contributed by atoms with Crippen molar-refractivity contribution in [2.75, 3.05) is 26.3 Å². The molecule has 1 saturated heterocycles. The highest BCUT2D eigenvalue weighted by molar-refractivity contribution is 6.68. The first-order chi connectivity index (χ1) is 6.91. The summed E-state index contributed by atoms with van der Waals surface area (Å²) in [6.07, 6.45) is -0.608. The minimum absolute atomic E-state index is 0.224. The number of hydrogen-bond donors (Lipinski definition) is 1. The number of nitrogens with one attached hydrogen (secondary N) is 1. The fourth-order valence-electron chi connectivity index (χ4n) is 1.41. The summed E-state index contributed by atoms with van der Waals surface area (Å²) in [5.74, 6) is -0.224. The van der Waals surface area contributed by atoms with E-state index in [0.29, 0.717) is 26.3 Å². The van der Waals surface area contributed by atoms with E-state index in [-0.39, 0.29) is 5.91 Å². The van der Waals surface area contributed by atoms with Crippen LogP contribution in [0.2, 0.25) is 0 Å². The Hall–Kier alpha value is 0.260. The van der Waals surface area contributed by atoms with Crippen LogP contribution in [-0.2, 0) is 9.53 Å². The lowest BCUT2D eigenvalue weighted by molar-refractivity contribution is -0.121. The minimum atomic E-state index is -1.54. The summed E-state index contributed by atoms with van der Waals surface area (Å²) in [6, 6.07) is 0. The van der Waals surface area contributed by atoms with E-state index in [1.165, 1.54) is 6.92 Å². The first-order valence-electron chi connectivity index (χ1n) is 4.57. The lowest BCUT2D eigenvalue weighted by Gasteiger charge is -2.38. The number of ether oxygens (including phenoxy) is 1. The monoisotopic (exact) mass is 274 g/mol. The molecule has 0 aromatic heterocycles. The van der Waals surface area contributed by atoms with Crippen molar-refractivity contribution in [2.24, 2.45) is 0 Å². The molecule has 0 saturated carbocycles. The van der Waals surface area contributed by atoms with Gasteiger partial charge in [-0.1, -0.05) is 34.8 Å². The van der Waals surface area contributed by atoms with Gasteiger partial charge in [-0.05, 0) is 0 Å². The van der Waals surface area contributed by atoms with Crippen molar-refractivity contribution in [1.82, 2.24) is 10.2 Å². The predicted molar refractivity (Wildman–Crippen MR) is 60.3 cm³/mol. The molecular weight excluding hydrogens is 262 g/mol. The van der Waals surface area contributed by atoms with Crippen LogP contribution in [0.5, 0.6) is 0 Å². The first kappa shape index (κ1) is 13.3. The maximum absolute atomic E-state index is 11.0. The zero-order valence-electron chi connectivity index (χ0n) is 8.30. The van der Waals surface area contributed by atoms with E-state index in [4.69, 9.17) is 39.5 Å². The maximum atomic E-state index is 11.0. The van der Waals surface area contributed by atoms with Crippen LogP contribution in [0.4, 0.5) is 0 Å². The van der Waals surface area contributed by atoms with Crippen LogP contribution in [0.1, 0.15) is 6.92 Å². The summed E-state index contributed by atoms with van der Waals surface area (Å²) in [5.41, 5.74) is 0. The molecule has 0 spiro atoms. The highest BCUT2D eigenvalue weighted by Gasteiger charge is 2.38. The van der Waals surface area contributed by atoms with Crippen LogP contribution in [0.25, 0.3) is 0 Å². The van der Waals surface area contributed by atoms with Crippen molar-refractivity contribution in [3.8, 4) is 0 Å². The SMILES string of the molecule is CC(=O)N[C@H](N1CCOCC1)C(Cl)(Cl)Cl. The van der Waals surface area contributed by atoms with Gasteiger partial charge in [0.2, 0.25) is 9.70 Å². The van der Waals surface area contributed by atoms with Gasteiger partial charge in [0.1, 0.15) is 6.17 Å². The molecule has 0 aliphatic carbocycles. The Morgan fingerprint density at radius 1 is 1.40 bits per heavy atom. The topological polar surface area (TPSA) is 41.6 Å². The molecule has 88 valence electrons. The van der Waals surface area contributed by atoms with Crippen LogP contribution < -0.4 is 5.32 Å². The summed E-state index contributed by atoms with van der Waals surface area (Å²) in [6.45, 7) is 3.83. The molecule has 1 atom stereocenters. The molecule has 1 N–H and O–H groups in total. The van der Waals surface area contributed by atoms with E-state index < -0.39 is 9.96 Å². The van der Waals surface area contributed by atoms with Gasteiger partial charge in [-0.3, -0.25) is 9.69 Å². The Balaban J connectivity index is 2.66. The van der Waals surface area contributed by atoms with Crippen LogP contribution in [-0.4, -0.2) is 47.1 Å². The number of nitrogens with zero attached hydrogens (tertiary/aromatic N) is 1. The summed E-state index contributed by atoms with van der Waals surface area (Å²) in [7, 11) is 0. The molecule has 0 unspecified atom stereocenters. The zero-order valence-corrected chi connectivity index (χ0v) is 10.6. The number of rotatable bonds is 2. The van der Waals surface area contributed by atoms with Crippen LogP contribution in [0, 0.1) is 0 Å². The van der Waals surface area contributed by atoms with Gasteiger partial charge in [0.15, 0.2) is 0 Å². The second-order valence-corrected chi connectivity index (χ2v) is 5.66. The first-order valence-corrected chi connectivity index (χ1v) is 5.70. The average molecular weight is 276 g/mol. The van der Waals surface area contributed by atoms with Crippen molar-refractivity contribution in [2.45, 2.75) is 16.9 Å². The van der Waals surface area contributed by atoms with Crippen LogP contribution in [0.3, 0.4) is 0 Å². The molecule has 1 aliphatic heterocycles. The molecule has 4 nitrogen and oxygen atoms in total. The number of hydrogen-bond acceptors (Lipinski definition) is 3. The quantitative estimate of drug-likeness (QED) is 0.769. The Kier molecular flexibility index (Phi) is 4.93. The summed E-state index contributed by atoms with van der Waals surface area (Å²) in [4.78, 5) is 12.9. The van der Waals surface area contributed by atoms with Gasteiger partial charge in [0.05, 0.1) is 13.2 Å². The van der Waals surface area contributed by atoms with Crippen molar-refractivity contribution in [3.05, 3.63) is 0 Å². The van der Waals surface area contributed by atoms with Crippen molar-refractivity contribution in [1.29, 1.82) is 0 Å². The third kappa shape index (κ3) is 4.33. The molecule has 0 aromatic rings. The second-order valence-electron chi connectivity index (χ2n) is 3.29. The molecule has 1 amide bonds. The average Bonchev–Trinajstić information content (AvgIpc) is 2.14. The van der Waals surface area contributed by atoms with E-state index in [9.17, 15) is 4.79 Å². The molecule has 1 rings (SSSR count). The fraction of sp³-hybridized carbons (Fsp3) is 0.875. The predicted octanol–water partition coefficient (Wildman–Crippen LogP) is 1.15. The Labute approximate surface area is 104 Å². The maximum Gasteiger partial charge on any atom is 0.223 e. The molecule has 0 aromatic carbocycles. The summed E-state index contributed by atoms with van der Waals surface area (Å²) >= 11 is 17.4. The molecule has 0 bridgehead atoms. The third-order valence-corrected chi connectivity index (χ3v) is 2.68. The molecule has 1 fully saturated rings. The Morgan fingerprint density at radius 2 is 1.93 bits per heavy atom. The van der Waals surface area contributed by atoms with E-state index in [2.05, 4.69) is 5.32 Å². The molecule has 15 heavy (non-hydrogen) atoms. The largest absolute Gasteiger partial charge is 0.379 e. The molecule has 1 aliphatic rings. The van der Waals surface area contributed by atoms with E-state index in [1.807, 2.05) is 4.90 Å². The van der Waals surface area contributed by atoms with Crippen molar-refractivity contribution >= 4 is 40.7 Å². The number of morpholine rings is 1. The number of carbonyl (C=O) groups is 1. The summed E-state index contributed by atoms with van der Waals surface area (Å²) < 4.78 is 3.65. The van der Waals surface area contributed by atoms with Gasteiger partial charge < -0.3 is 10.1 Å².